The van der Waals surface area contributed by atoms with Crippen molar-refractivity contribution in [3.63, 3.8) is 0 Å². The highest BCUT2D eigenvalue weighted by molar-refractivity contribution is 7.92. The molecule has 0 bridgehead atoms. The van der Waals surface area contributed by atoms with Crippen molar-refractivity contribution in [3.8, 4) is 5.75 Å². The van der Waals surface area contributed by atoms with Crippen molar-refractivity contribution >= 4 is 33.4 Å². The molecule has 0 radical (unpaired) electrons. The summed E-state index contributed by atoms with van der Waals surface area (Å²) in [7, 11) is -4.52. The number of alkyl halides is 5. The van der Waals surface area contributed by atoms with Crippen molar-refractivity contribution in [2.75, 3.05) is 29.3 Å². The Morgan fingerprint density at radius 2 is 1.97 bits per heavy atom. The van der Waals surface area contributed by atoms with Gasteiger partial charge in [0.15, 0.2) is 0 Å². The van der Waals surface area contributed by atoms with Gasteiger partial charge in [0.2, 0.25) is 5.91 Å². The molecule has 2 aliphatic rings. The van der Waals surface area contributed by atoms with Gasteiger partial charge >= 0.3 is 18.8 Å². The Morgan fingerprint density at radius 1 is 1.28 bits per heavy atom. The highest BCUT2D eigenvalue weighted by Crippen LogP contribution is 2.57. The molecule has 2 N–H and O–H groups in total. The number of aryl methyl sites for hydroxylation is 1. The van der Waals surface area contributed by atoms with Crippen molar-refractivity contribution < 1.29 is 49.4 Å². The number of ether oxygens (including phenoxy) is 2. The van der Waals surface area contributed by atoms with E-state index in [0.717, 1.165) is 4.31 Å². The monoisotopic (exact) mass is 581 g/mol. The molecule has 2 aromatic rings. The van der Waals surface area contributed by atoms with Crippen LogP contribution in [-0.2, 0) is 19.6 Å². The Hall–Kier alpha value is -3.63. The Morgan fingerprint density at radius 3 is 2.54 bits per heavy atom. The van der Waals surface area contributed by atoms with Gasteiger partial charge in [-0.1, -0.05) is 0 Å². The molecule has 1 aliphatic heterocycles. The Balaban J connectivity index is 1.61. The van der Waals surface area contributed by atoms with E-state index in [0.29, 0.717) is 6.20 Å². The molecule has 2 heterocycles. The van der Waals surface area contributed by atoms with Crippen LogP contribution in [0.2, 0.25) is 0 Å². The Labute approximate surface area is 219 Å². The van der Waals surface area contributed by atoms with Gasteiger partial charge < -0.3 is 14.8 Å². The number of carbonyl (C=O) groups is 2. The SMILES string of the molecule is CC(=O)NC[C@H]1CN(S(=O)(=O)c2cn(C(F)F)nc2C)c2cc(NC(=O)OCC3(C(F)(F)F)CC3)ccc2O1. The van der Waals surface area contributed by atoms with Gasteiger partial charge in [-0.3, -0.25) is 14.4 Å². The van der Waals surface area contributed by atoms with E-state index in [1.54, 1.807) is 0 Å². The lowest BCUT2D eigenvalue weighted by Gasteiger charge is -2.35. The lowest BCUT2D eigenvalue weighted by Crippen LogP contribution is -2.48. The predicted octanol–water partition coefficient (Wildman–Crippen LogP) is 3.57. The van der Waals surface area contributed by atoms with Gasteiger partial charge in [0.05, 0.1) is 30.7 Å². The minimum atomic E-state index is -4.52. The maximum absolute atomic E-state index is 13.6. The van der Waals surface area contributed by atoms with Gasteiger partial charge in [-0.25, -0.2) is 17.9 Å². The fourth-order valence-corrected chi connectivity index (χ4v) is 5.59. The van der Waals surface area contributed by atoms with Crippen molar-refractivity contribution in [3.05, 3.63) is 30.1 Å². The van der Waals surface area contributed by atoms with Crippen LogP contribution in [0.4, 0.5) is 38.1 Å². The smallest absolute Gasteiger partial charge is 0.411 e. The average Bonchev–Trinajstić information content (AvgIpc) is 3.55. The van der Waals surface area contributed by atoms with E-state index in [9.17, 15) is 40.0 Å². The van der Waals surface area contributed by atoms with Crippen LogP contribution in [0.1, 0.15) is 32.0 Å². The van der Waals surface area contributed by atoms with E-state index >= 15 is 0 Å². The third kappa shape index (κ3) is 5.86. The minimum Gasteiger partial charge on any atom is -0.484 e. The second-order valence-corrected chi connectivity index (χ2v) is 11.0. The molecular weight excluding hydrogens is 557 g/mol. The molecule has 1 aromatic heterocycles. The van der Waals surface area contributed by atoms with E-state index in [-0.39, 0.29) is 53.4 Å². The Bertz CT molecular complexity index is 1380. The van der Waals surface area contributed by atoms with Gasteiger partial charge in [-0.15, -0.1) is 0 Å². The lowest BCUT2D eigenvalue weighted by molar-refractivity contribution is -0.196. The second kappa shape index (κ2) is 10.2. The summed E-state index contributed by atoms with van der Waals surface area (Å²) in [6, 6.07) is 3.80. The van der Waals surface area contributed by atoms with Gasteiger partial charge in [-0.05, 0) is 38.0 Å². The summed E-state index contributed by atoms with van der Waals surface area (Å²) in [4.78, 5) is 23.1. The number of fused-ring (bicyclic) bond motifs is 1. The first-order valence-corrected chi connectivity index (χ1v) is 13.0. The average molecular weight is 582 g/mol. The third-order valence-corrected chi connectivity index (χ3v) is 8.17. The zero-order valence-corrected chi connectivity index (χ0v) is 21.4. The summed E-state index contributed by atoms with van der Waals surface area (Å²) >= 11 is 0. The molecule has 0 spiro atoms. The zero-order valence-electron chi connectivity index (χ0n) is 20.6. The molecule has 1 fully saturated rings. The number of rotatable bonds is 8. The van der Waals surface area contributed by atoms with Crippen LogP contribution in [0.25, 0.3) is 0 Å². The van der Waals surface area contributed by atoms with E-state index < -0.39 is 57.8 Å². The van der Waals surface area contributed by atoms with Gasteiger partial charge in [0.25, 0.3) is 10.0 Å². The maximum Gasteiger partial charge on any atom is 0.411 e. The molecule has 1 saturated carbocycles. The van der Waals surface area contributed by atoms with Crippen LogP contribution < -0.4 is 19.7 Å². The molecule has 17 heteroatoms. The fraction of sp³-hybridized carbons (Fsp3) is 0.500. The van der Waals surface area contributed by atoms with Crippen LogP contribution >= 0.6 is 0 Å². The first-order chi connectivity index (χ1) is 18.1. The number of anilines is 2. The molecule has 11 nitrogen and oxygen atoms in total. The molecule has 2 amide bonds. The summed E-state index contributed by atoms with van der Waals surface area (Å²) in [5.74, 6) is -0.378. The minimum absolute atomic E-state index is 0.0204. The van der Waals surface area contributed by atoms with Gasteiger partial charge in [-0.2, -0.15) is 27.1 Å². The van der Waals surface area contributed by atoms with Crippen LogP contribution in [0.15, 0.2) is 29.3 Å². The fourth-order valence-electron chi connectivity index (χ4n) is 3.94. The van der Waals surface area contributed by atoms with E-state index in [1.165, 1.54) is 32.0 Å². The van der Waals surface area contributed by atoms with Crippen molar-refractivity contribution in [2.24, 2.45) is 5.41 Å². The molecule has 0 saturated heterocycles. The van der Waals surface area contributed by atoms with Crippen molar-refractivity contribution in [1.82, 2.24) is 15.1 Å². The number of nitrogens with one attached hydrogen (secondary N) is 2. The summed E-state index contributed by atoms with van der Waals surface area (Å²) in [5.41, 5.74) is -2.38. The van der Waals surface area contributed by atoms with Crippen LogP contribution in [0, 0.1) is 12.3 Å². The molecule has 39 heavy (non-hydrogen) atoms. The van der Waals surface area contributed by atoms with Crippen LogP contribution in [-0.4, -0.2) is 62.2 Å². The van der Waals surface area contributed by atoms with E-state index in [1.807, 2.05) is 0 Å². The highest BCUT2D eigenvalue weighted by Gasteiger charge is 2.64. The zero-order chi connectivity index (χ0) is 28.8. The van der Waals surface area contributed by atoms with Gasteiger partial charge in [0.1, 0.15) is 28.8 Å². The standard InChI is InChI=1S/C22H24F5N5O6S/c1-12-18(10-31(30-12)19(23)24)39(35,36)32-9-15(8-28-13(2)33)38-17-4-3-14(7-16(17)32)29-20(34)37-11-21(5-6-21)22(25,26)27/h3-4,7,10,15,19H,5-6,8-9,11H2,1-2H3,(H,28,33)(H,29,34)/t15-/m0/s1. The number of sulfonamides is 1. The summed E-state index contributed by atoms with van der Waals surface area (Å²) in [6.07, 6.45) is -6.21. The molecule has 1 atom stereocenters. The molecule has 214 valence electrons. The number of nitrogens with zero attached hydrogens (tertiary/aromatic N) is 3. The number of hydrogen-bond acceptors (Lipinski definition) is 7. The Kier molecular flexibility index (Phi) is 7.39. The second-order valence-electron chi connectivity index (χ2n) is 9.21. The van der Waals surface area contributed by atoms with Gasteiger partial charge in [0, 0.05) is 12.6 Å². The number of amides is 2. The topological polar surface area (TPSA) is 132 Å². The maximum atomic E-state index is 13.6. The molecule has 4 rings (SSSR count). The number of halogens is 5. The van der Waals surface area contributed by atoms with E-state index in [4.69, 9.17) is 9.47 Å². The van der Waals surface area contributed by atoms with Crippen LogP contribution in [0.5, 0.6) is 5.75 Å². The third-order valence-electron chi connectivity index (χ3n) is 6.29. The number of aromatic nitrogens is 2. The first kappa shape index (κ1) is 28.4. The summed E-state index contributed by atoms with van der Waals surface area (Å²) in [5, 5.41) is 8.32. The van der Waals surface area contributed by atoms with Crippen molar-refractivity contribution in [1.29, 1.82) is 0 Å². The predicted molar refractivity (Wildman–Crippen MR) is 125 cm³/mol. The number of carbonyl (C=O) groups excluding carboxylic acids is 2. The molecule has 1 aliphatic carbocycles. The normalized spacial score (nSPS) is 18.3. The number of benzene rings is 1. The largest absolute Gasteiger partial charge is 0.484 e. The lowest BCUT2D eigenvalue weighted by atomic mass is 10.1. The quantitative estimate of drug-likeness (QED) is 0.456. The van der Waals surface area contributed by atoms with E-state index in [2.05, 4.69) is 15.7 Å². The highest BCUT2D eigenvalue weighted by atomic mass is 32.2. The molecule has 1 aromatic carbocycles. The first-order valence-electron chi connectivity index (χ1n) is 11.6. The van der Waals surface area contributed by atoms with Crippen molar-refractivity contribution in [2.45, 2.75) is 50.4 Å². The number of hydrogen-bond donors (Lipinski definition) is 2. The molecular formula is C22H24F5N5O6S. The summed E-state index contributed by atoms with van der Waals surface area (Å²) < 4.78 is 104. The molecule has 0 unspecified atom stereocenters. The van der Waals surface area contributed by atoms with Crippen LogP contribution in [0.3, 0.4) is 0 Å². The summed E-state index contributed by atoms with van der Waals surface area (Å²) in [6.45, 7) is -1.89.